The van der Waals surface area contributed by atoms with E-state index in [4.69, 9.17) is 9.72 Å². The molecular weight excluding hydrogens is 328 g/mol. The van der Waals surface area contributed by atoms with Gasteiger partial charge in [-0.3, -0.25) is 0 Å². The Morgan fingerprint density at radius 2 is 2.12 bits per heavy atom. The van der Waals surface area contributed by atoms with Gasteiger partial charge in [-0.15, -0.1) is 0 Å². The van der Waals surface area contributed by atoms with Crippen molar-refractivity contribution in [1.82, 2.24) is 9.97 Å². The standard InChI is InChI=1S/C20H26N4O2/c1-13(12-25)21-20-22-18(14-3-4-14)10-19(23-20)24-8-7-15-9-17(26-2)6-5-16(15)11-24/h5-6,9-10,13-14,25H,3-4,7-8,11-12H2,1-2H3,(H,21,22,23)/t13-/m0/s1. The quantitative estimate of drug-likeness (QED) is 0.831. The monoisotopic (exact) mass is 354 g/mol. The lowest BCUT2D eigenvalue weighted by Gasteiger charge is -2.30. The zero-order chi connectivity index (χ0) is 18.1. The molecule has 2 heterocycles. The second kappa shape index (κ2) is 7.11. The fraction of sp³-hybridized carbons (Fsp3) is 0.500. The minimum atomic E-state index is -0.0631. The van der Waals surface area contributed by atoms with Crippen LogP contribution in [0.25, 0.3) is 0 Å². The first-order valence-corrected chi connectivity index (χ1v) is 9.33. The SMILES string of the molecule is COc1ccc2c(c1)CCN(c1cc(C3CC3)nc(N[C@@H](C)CO)n1)C2. The maximum absolute atomic E-state index is 9.32. The molecule has 2 aromatic rings. The van der Waals surface area contributed by atoms with E-state index < -0.39 is 0 Å². The molecule has 0 bridgehead atoms. The van der Waals surface area contributed by atoms with E-state index in [0.717, 1.165) is 36.8 Å². The van der Waals surface area contributed by atoms with Gasteiger partial charge in [0, 0.05) is 31.1 Å². The van der Waals surface area contributed by atoms with Crippen LogP contribution in [0.15, 0.2) is 24.3 Å². The number of aromatic nitrogens is 2. The van der Waals surface area contributed by atoms with Gasteiger partial charge in [-0.1, -0.05) is 6.07 Å². The van der Waals surface area contributed by atoms with Crippen molar-refractivity contribution in [2.45, 2.75) is 44.7 Å². The molecule has 0 radical (unpaired) electrons. The van der Waals surface area contributed by atoms with E-state index >= 15 is 0 Å². The number of fused-ring (bicyclic) bond motifs is 1. The minimum Gasteiger partial charge on any atom is -0.497 e. The van der Waals surface area contributed by atoms with E-state index in [1.54, 1.807) is 7.11 Å². The summed E-state index contributed by atoms with van der Waals surface area (Å²) in [6, 6.07) is 8.38. The molecule has 1 aromatic carbocycles. The van der Waals surface area contributed by atoms with E-state index in [1.165, 1.54) is 24.0 Å². The van der Waals surface area contributed by atoms with Crippen LogP contribution in [0.5, 0.6) is 5.75 Å². The van der Waals surface area contributed by atoms with Crippen molar-refractivity contribution in [2.24, 2.45) is 0 Å². The third kappa shape index (κ3) is 3.60. The molecule has 1 aliphatic heterocycles. The Morgan fingerprint density at radius 3 is 2.85 bits per heavy atom. The topological polar surface area (TPSA) is 70.5 Å². The summed E-state index contributed by atoms with van der Waals surface area (Å²) in [5.74, 6) is 3.06. The largest absolute Gasteiger partial charge is 0.497 e. The first-order valence-electron chi connectivity index (χ1n) is 9.33. The Bertz CT molecular complexity index is 791. The number of aliphatic hydroxyl groups is 1. The number of methoxy groups -OCH3 is 1. The summed E-state index contributed by atoms with van der Waals surface area (Å²) >= 11 is 0. The van der Waals surface area contributed by atoms with Crippen LogP contribution in [0.4, 0.5) is 11.8 Å². The normalized spacial score (nSPS) is 17.6. The minimum absolute atomic E-state index is 0.0608. The number of benzene rings is 1. The van der Waals surface area contributed by atoms with Gasteiger partial charge in [-0.2, -0.15) is 4.98 Å². The van der Waals surface area contributed by atoms with Gasteiger partial charge in [-0.25, -0.2) is 4.98 Å². The van der Waals surface area contributed by atoms with Crippen LogP contribution < -0.4 is 15.0 Å². The van der Waals surface area contributed by atoms with E-state index in [2.05, 4.69) is 33.4 Å². The molecule has 1 fully saturated rings. The molecule has 0 spiro atoms. The number of hydrogen-bond donors (Lipinski definition) is 2. The highest BCUT2D eigenvalue weighted by Crippen LogP contribution is 2.40. The summed E-state index contributed by atoms with van der Waals surface area (Å²) in [5.41, 5.74) is 3.79. The lowest BCUT2D eigenvalue weighted by molar-refractivity contribution is 0.281. The number of nitrogens with zero attached hydrogens (tertiary/aromatic N) is 3. The number of hydrogen-bond acceptors (Lipinski definition) is 6. The highest BCUT2D eigenvalue weighted by Gasteiger charge is 2.28. The second-order valence-electron chi connectivity index (χ2n) is 7.28. The predicted octanol–water partition coefficient (Wildman–Crippen LogP) is 2.72. The average Bonchev–Trinajstić information content (AvgIpc) is 3.52. The van der Waals surface area contributed by atoms with E-state index in [9.17, 15) is 5.11 Å². The van der Waals surface area contributed by atoms with Crippen LogP contribution in [-0.2, 0) is 13.0 Å². The number of nitrogens with one attached hydrogen (secondary N) is 1. The third-order valence-corrected chi connectivity index (χ3v) is 5.13. The molecule has 26 heavy (non-hydrogen) atoms. The first kappa shape index (κ1) is 17.1. The van der Waals surface area contributed by atoms with Crippen LogP contribution in [0, 0.1) is 0 Å². The summed E-state index contributed by atoms with van der Waals surface area (Å²) in [6.07, 6.45) is 3.38. The maximum Gasteiger partial charge on any atom is 0.225 e. The van der Waals surface area contributed by atoms with Crippen molar-refractivity contribution >= 4 is 11.8 Å². The van der Waals surface area contributed by atoms with E-state index in [-0.39, 0.29) is 12.6 Å². The maximum atomic E-state index is 9.32. The average molecular weight is 354 g/mol. The molecule has 6 nitrogen and oxygen atoms in total. The highest BCUT2D eigenvalue weighted by molar-refractivity contribution is 5.50. The number of anilines is 2. The van der Waals surface area contributed by atoms with Gasteiger partial charge >= 0.3 is 0 Å². The molecule has 1 aromatic heterocycles. The van der Waals surface area contributed by atoms with Gasteiger partial charge in [0.25, 0.3) is 0 Å². The summed E-state index contributed by atoms with van der Waals surface area (Å²) in [7, 11) is 1.71. The molecule has 4 rings (SSSR count). The van der Waals surface area contributed by atoms with Crippen molar-refractivity contribution in [3.8, 4) is 5.75 Å². The van der Waals surface area contributed by atoms with Gasteiger partial charge in [0.2, 0.25) is 5.95 Å². The van der Waals surface area contributed by atoms with Gasteiger partial charge in [-0.05, 0) is 49.4 Å². The third-order valence-electron chi connectivity index (χ3n) is 5.13. The second-order valence-corrected chi connectivity index (χ2v) is 7.28. The summed E-state index contributed by atoms with van der Waals surface area (Å²) in [5, 5.41) is 12.5. The van der Waals surface area contributed by atoms with Crippen LogP contribution in [0.3, 0.4) is 0 Å². The Morgan fingerprint density at radius 1 is 1.27 bits per heavy atom. The zero-order valence-electron chi connectivity index (χ0n) is 15.4. The first-order chi connectivity index (χ1) is 12.7. The lowest BCUT2D eigenvalue weighted by atomic mass is 9.99. The van der Waals surface area contributed by atoms with Crippen LogP contribution in [-0.4, -0.2) is 41.4 Å². The van der Waals surface area contributed by atoms with E-state index in [1.807, 2.05) is 13.0 Å². The summed E-state index contributed by atoms with van der Waals surface area (Å²) in [6.45, 7) is 3.76. The molecule has 0 saturated heterocycles. The van der Waals surface area contributed by atoms with Crippen molar-refractivity contribution < 1.29 is 9.84 Å². The summed E-state index contributed by atoms with van der Waals surface area (Å²) in [4.78, 5) is 11.7. The zero-order valence-corrected chi connectivity index (χ0v) is 15.4. The predicted molar refractivity (Wildman–Crippen MR) is 102 cm³/mol. The van der Waals surface area contributed by atoms with Gasteiger partial charge in [0.1, 0.15) is 11.6 Å². The van der Waals surface area contributed by atoms with Crippen molar-refractivity contribution in [1.29, 1.82) is 0 Å². The van der Waals surface area contributed by atoms with Crippen molar-refractivity contribution in [2.75, 3.05) is 30.5 Å². The molecule has 1 saturated carbocycles. The fourth-order valence-corrected chi connectivity index (χ4v) is 3.39. The number of ether oxygens (including phenoxy) is 1. The Labute approximate surface area is 154 Å². The van der Waals surface area contributed by atoms with Crippen molar-refractivity contribution in [3.63, 3.8) is 0 Å². The molecule has 1 aliphatic carbocycles. The molecule has 0 unspecified atom stereocenters. The lowest BCUT2D eigenvalue weighted by Crippen LogP contribution is -2.31. The smallest absolute Gasteiger partial charge is 0.225 e. The molecule has 2 N–H and O–H groups in total. The fourth-order valence-electron chi connectivity index (χ4n) is 3.39. The molecule has 6 heteroatoms. The molecule has 138 valence electrons. The van der Waals surface area contributed by atoms with Gasteiger partial charge in [0.05, 0.1) is 19.4 Å². The van der Waals surface area contributed by atoms with Crippen LogP contribution >= 0.6 is 0 Å². The van der Waals surface area contributed by atoms with E-state index in [0.29, 0.717) is 11.9 Å². The number of rotatable bonds is 6. The Balaban J connectivity index is 1.60. The molecular formula is C20H26N4O2. The Kier molecular flexibility index (Phi) is 4.68. The molecule has 0 amide bonds. The highest BCUT2D eigenvalue weighted by atomic mass is 16.5. The number of aliphatic hydroxyl groups excluding tert-OH is 1. The van der Waals surface area contributed by atoms with Crippen LogP contribution in [0.2, 0.25) is 0 Å². The Hall–Kier alpha value is -2.34. The van der Waals surface area contributed by atoms with Crippen LogP contribution in [0.1, 0.15) is 42.5 Å². The van der Waals surface area contributed by atoms with Crippen molar-refractivity contribution in [3.05, 3.63) is 41.1 Å². The molecule has 1 atom stereocenters. The van der Waals surface area contributed by atoms with Gasteiger partial charge < -0.3 is 20.1 Å². The summed E-state index contributed by atoms with van der Waals surface area (Å²) < 4.78 is 5.34. The van der Waals surface area contributed by atoms with Gasteiger partial charge in [0.15, 0.2) is 0 Å². The molecule has 2 aliphatic rings.